The number of amides is 2. The summed E-state index contributed by atoms with van der Waals surface area (Å²) >= 11 is 0. The van der Waals surface area contributed by atoms with Crippen LogP contribution in [-0.4, -0.2) is 81.0 Å². The Hall–Kier alpha value is -4.48. The van der Waals surface area contributed by atoms with Crippen molar-refractivity contribution in [1.29, 1.82) is 0 Å². The summed E-state index contributed by atoms with van der Waals surface area (Å²) in [4.78, 5) is 50.8. The Kier molecular flexibility index (Phi) is 9.55. The lowest BCUT2D eigenvalue weighted by atomic mass is 9.57. The van der Waals surface area contributed by atoms with Crippen molar-refractivity contribution in [3.63, 3.8) is 0 Å². The fourth-order valence-electron chi connectivity index (χ4n) is 6.77. The molecular weight excluding hydrogens is 578 g/mol. The first-order chi connectivity index (χ1) is 21.2. The van der Waals surface area contributed by atoms with Crippen LogP contribution in [0.15, 0.2) is 53.3 Å². The zero-order valence-corrected chi connectivity index (χ0v) is 26.2. The highest BCUT2D eigenvalue weighted by molar-refractivity contribution is 6.24. The Morgan fingerprint density at radius 1 is 1.11 bits per heavy atom. The van der Waals surface area contributed by atoms with Gasteiger partial charge in [0, 0.05) is 25.0 Å². The lowest BCUT2D eigenvalue weighted by Gasteiger charge is -2.50. The molecule has 0 bridgehead atoms. The minimum absolute atomic E-state index is 0.0503. The van der Waals surface area contributed by atoms with Gasteiger partial charge in [-0.15, -0.1) is 0 Å². The molecule has 0 spiro atoms. The fraction of sp³-hybridized carbons (Fsp3) is 0.412. The lowest BCUT2D eigenvalue weighted by Crippen LogP contribution is -2.65. The number of rotatable bonds is 6. The van der Waals surface area contributed by atoms with E-state index in [4.69, 9.17) is 5.73 Å². The number of nitrogens with two attached hydrogens (primary N) is 1. The normalized spacial score (nSPS) is 23.9. The molecule has 7 N–H and O–H groups in total. The molecule has 0 aliphatic heterocycles. The zero-order valence-electron chi connectivity index (χ0n) is 26.2. The number of phenols is 1. The standard InChI is InChI=1S/C28H28N2O7.C6H13NO/c1-12-5-4-6-13(9-12)15-7-8-18(31)20-16(15)10-14-11-17-22(30(2)3)24(33)21(27(29)36)26(35)28(17,37)25(34)19(14)23(20)32;1-3-4-5-7-6(2)8/h4-9,14,17,22,31-32,35,37H,10-11H2,1-3H3,(H2,29,36);3-5H2,1-2H3,(H,7,8)/t14-,17-,22-,28-;/m0./s1. The summed E-state index contributed by atoms with van der Waals surface area (Å²) < 4.78 is 0. The van der Waals surface area contributed by atoms with Crippen LogP contribution in [0.2, 0.25) is 0 Å². The Balaban J connectivity index is 0.000000510. The third-order valence-corrected chi connectivity index (χ3v) is 8.84. The highest BCUT2D eigenvalue weighted by atomic mass is 16.3. The monoisotopic (exact) mass is 619 g/mol. The van der Waals surface area contributed by atoms with Crippen LogP contribution in [0.25, 0.3) is 16.9 Å². The van der Waals surface area contributed by atoms with Gasteiger partial charge in [0.05, 0.1) is 11.6 Å². The van der Waals surface area contributed by atoms with Gasteiger partial charge in [0.2, 0.25) is 11.7 Å². The van der Waals surface area contributed by atoms with E-state index in [2.05, 4.69) is 12.2 Å². The van der Waals surface area contributed by atoms with Crippen molar-refractivity contribution in [3.8, 4) is 16.9 Å². The molecule has 0 radical (unpaired) electrons. The Morgan fingerprint density at radius 3 is 2.38 bits per heavy atom. The predicted octanol–water partition coefficient (Wildman–Crippen LogP) is 2.86. The van der Waals surface area contributed by atoms with Gasteiger partial charge in [0.25, 0.3) is 5.91 Å². The zero-order chi connectivity index (χ0) is 33.4. The van der Waals surface area contributed by atoms with Gasteiger partial charge in [-0.25, -0.2) is 0 Å². The molecule has 1 saturated carbocycles. The molecule has 3 aliphatic rings. The second-order valence-corrected chi connectivity index (χ2v) is 12.2. The number of aliphatic hydroxyl groups excluding tert-OH is 2. The summed E-state index contributed by atoms with van der Waals surface area (Å²) in [6, 6.07) is 9.82. The molecule has 2 amide bonds. The summed E-state index contributed by atoms with van der Waals surface area (Å²) in [6.07, 6.45) is 2.51. The molecule has 5 rings (SSSR count). The van der Waals surface area contributed by atoms with E-state index >= 15 is 0 Å². The van der Waals surface area contributed by atoms with E-state index < -0.39 is 58.0 Å². The van der Waals surface area contributed by atoms with E-state index in [1.165, 1.54) is 17.9 Å². The molecule has 3 aliphatic carbocycles. The third kappa shape index (κ3) is 5.85. The first kappa shape index (κ1) is 33.4. The molecule has 4 atom stereocenters. The number of aryl methyl sites for hydroxylation is 1. The van der Waals surface area contributed by atoms with Gasteiger partial charge >= 0.3 is 0 Å². The molecule has 0 heterocycles. The summed E-state index contributed by atoms with van der Waals surface area (Å²) in [5.41, 5.74) is 5.10. The smallest absolute Gasteiger partial charge is 0.255 e. The maximum Gasteiger partial charge on any atom is 0.255 e. The van der Waals surface area contributed by atoms with E-state index in [9.17, 15) is 39.6 Å². The Labute approximate surface area is 262 Å². The number of nitrogens with zero attached hydrogens (tertiary/aromatic N) is 1. The van der Waals surface area contributed by atoms with Gasteiger partial charge in [-0.3, -0.25) is 24.1 Å². The molecule has 2 aromatic rings. The van der Waals surface area contributed by atoms with E-state index in [0.29, 0.717) is 5.56 Å². The van der Waals surface area contributed by atoms with E-state index in [1.54, 1.807) is 20.2 Å². The van der Waals surface area contributed by atoms with Gasteiger partial charge < -0.3 is 31.5 Å². The second-order valence-electron chi connectivity index (χ2n) is 12.2. The van der Waals surface area contributed by atoms with Gasteiger partial charge in [0.1, 0.15) is 22.8 Å². The van der Waals surface area contributed by atoms with E-state index in [0.717, 1.165) is 36.1 Å². The summed E-state index contributed by atoms with van der Waals surface area (Å²) in [7, 11) is 3.14. The van der Waals surface area contributed by atoms with Crippen LogP contribution in [0, 0.1) is 18.8 Å². The highest BCUT2D eigenvalue weighted by Crippen LogP contribution is 2.53. The Bertz CT molecular complexity index is 1620. The second kappa shape index (κ2) is 12.9. The maximum atomic E-state index is 13.9. The number of carbonyl (C=O) groups is 4. The number of aliphatic hydroxyl groups is 3. The Morgan fingerprint density at radius 2 is 1.80 bits per heavy atom. The average Bonchev–Trinajstić information content (AvgIpc) is 2.95. The molecule has 11 heteroatoms. The topological polar surface area (TPSA) is 190 Å². The third-order valence-electron chi connectivity index (χ3n) is 8.84. The van der Waals surface area contributed by atoms with Crippen molar-refractivity contribution >= 4 is 29.1 Å². The number of phenolic OH excluding ortho intramolecular Hbond substituents is 1. The summed E-state index contributed by atoms with van der Waals surface area (Å²) in [6.45, 7) is 6.41. The van der Waals surface area contributed by atoms with Crippen LogP contribution in [0.3, 0.4) is 0 Å². The van der Waals surface area contributed by atoms with Gasteiger partial charge in [-0.05, 0) is 69.0 Å². The van der Waals surface area contributed by atoms with Gasteiger partial charge in [0.15, 0.2) is 11.4 Å². The first-order valence-corrected chi connectivity index (χ1v) is 15.0. The summed E-state index contributed by atoms with van der Waals surface area (Å²) in [5, 5.41) is 47.3. The van der Waals surface area contributed by atoms with E-state index in [1.807, 2.05) is 31.2 Å². The minimum atomic E-state index is -2.64. The van der Waals surface area contributed by atoms with Crippen molar-refractivity contribution in [2.45, 2.75) is 58.1 Å². The number of hydrogen-bond donors (Lipinski definition) is 6. The van der Waals surface area contributed by atoms with Crippen molar-refractivity contribution in [2.75, 3.05) is 20.6 Å². The maximum absolute atomic E-state index is 13.9. The average molecular weight is 620 g/mol. The number of ketones is 2. The quantitative estimate of drug-likeness (QED) is 0.209. The van der Waals surface area contributed by atoms with Crippen LogP contribution in [-0.2, 0) is 25.6 Å². The number of Topliss-reactive ketones (excluding diaryl/α,β-unsaturated/α-hetero) is 2. The number of fused-ring (bicyclic) bond motifs is 3. The number of benzene rings is 2. The fourth-order valence-corrected chi connectivity index (χ4v) is 6.77. The number of nitrogens with one attached hydrogen (secondary N) is 1. The molecule has 240 valence electrons. The number of hydrogen-bond acceptors (Lipinski definition) is 9. The molecule has 0 aromatic heterocycles. The molecular formula is C34H41N3O8. The number of carbonyl (C=O) groups excluding carboxylic acids is 4. The van der Waals surface area contributed by atoms with Crippen LogP contribution < -0.4 is 11.1 Å². The number of likely N-dealkylation sites (N-methyl/N-ethyl adjacent to an activating group) is 1. The molecule has 2 aromatic carbocycles. The van der Waals surface area contributed by atoms with Crippen LogP contribution >= 0.6 is 0 Å². The number of aromatic hydroxyl groups is 1. The predicted molar refractivity (Wildman–Crippen MR) is 168 cm³/mol. The first-order valence-electron chi connectivity index (χ1n) is 15.0. The molecule has 11 nitrogen and oxygen atoms in total. The van der Waals surface area contributed by atoms with Crippen LogP contribution in [0.1, 0.15) is 49.8 Å². The van der Waals surface area contributed by atoms with Gasteiger partial charge in [-0.1, -0.05) is 49.2 Å². The molecule has 45 heavy (non-hydrogen) atoms. The number of primary amides is 1. The molecule has 1 fully saturated rings. The van der Waals surface area contributed by atoms with E-state index in [-0.39, 0.29) is 35.6 Å². The van der Waals surface area contributed by atoms with Crippen LogP contribution in [0.4, 0.5) is 0 Å². The van der Waals surface area contributed by atoms with Crippen molar-refractivity contribution in [2.24, 2.45) is 17.6 Å². The van der Waals surface area contributed by atoms with Crippen molar-refractivity contribution in [3.05, 3.63) is 70.0 Å². The molecule has 0 saturated heterocycles. The number of unbranched alkanes of at least 4 members (excludes halogenated alkanes) is 1. The van der Waals surface area contributed by atoms with Crippen molar-refractivity contribution in [1.82, 2.24) is 10.2 Å². The van der Waals surface area contributed by atoms with Crippen LogP contribution in [0.5, 0.6) is 5.75 Å². The minimum Gasteiger partial charge on any atom is -0.508 e. The largest absolute Gasteiger partial charge is 0.508 e. The molecule has 0 unspecified atom stereocenters. The summed E-state index contributed by atoms with van der Waals surface area (Å²) in [5.74, 6) is -6.54. The lowest BCUT2D eigenvalue weighted by molar-refractivity contribution is -0.153. The van der Waals surface area contributed by atoms with Crippen molar-refractivity contribution < 1.29 is 39.6 Å². The SMILES string of the molecule is CCCCNC(C)=O.Cc1cccc(-c2ccc(O)c3c2C[C@H]2C[C@H]4[C@H](N(C)C)C(=O)C(C(N)=O)=C(O)[C@@]4(O)C(=O)C2=C3O)c1. The highest BCUT2D eigenvalue weighted by Gasteiger charge is 2.64. The van der Waals surface area contributed by atoms with Gasteiger partial charge in [-0.2, -0.15) is 0 Å².